The van der Waals surface area contributed by atoms with E-state index in [9.17, 15) is 4.79 Å². The normalized spacial score (nSPS) is 14.6. The molecule has 0 saturated carbocycles. The molecular formula is C18H29ClN2O3. The molecule has 1 aromatic carbocycles. The van der Waals surface area contributed by atoms with E-state index in [1.807, 2.05) is 43.1 Å². The molecule has 1 N–H and O–H groups in total. The van der Waals surface area contributed by atoms with Crippen LogP contribution in [0.15, 0.2) is 24.3 Å². The lowest BCUT2D eigenvalue weighted by atomic mass is 10.0. The van der Waals surface area contributed by atoms with Crippen LogP contribution >= 0.6 is 12.4 Å². The molecule has 1 saturated heterocycles. The maximum Gasteiger partial charge on any atom is 0.222 e. The van der Waals surface area contributed by atoms with E-state index in [1.165, 1.54) is 0 Å². The van der Waals surface area contributed by atoms with Crippen LogP contribution in [0.4, 0.5) is 0 Å². The van der Waals surface area contributed by atoms with Crippen molar-refractivity contribution in [2.45, 2.75) is 38.6 Å². The van der Waals surface area contributed by atoms with Gasteiger partial charge in [-0.3, -0.25) is 4.79 Å². The van der Waals surface area contributed by atoms with Crippen LogP contribution in [0, 0.1) is 0 Å². The summed E-state index contributed by atoms with van der Waals surface area (Å²) in [4.78, 5) is 14.1. The summed E-state index contributed by atoms with van der Waals surface area (Å²) < 4.78 is 11.1. The number of nitrogens with one attached hydrogen (secondary N) is 1. The van der Waals surface area contributed by atoms with E-state index in [0.29, 0.717) is 25.7 Å². The van der Waals surface area contributed by atoms with Gasteiger partial charge in [0.15, 0.2) is 0 Å². The Balaban J connectivity index is 0.00000288. The highest BCUT2D eigenvalue weighted by molar-refractivity contribution is 5.85. The summed E-state index contributed by atoms with van der Waals surface area (Å²) in [6.07, 6.45) is 3.37. The Morgan fingerprint density at radius 2 is 1.75 bits per heavy atom. The van der Waals surface area contributed by atoms with Gasteiger partial charge in [0.05, 0.1) is 13.2 Å². The summed E-state index contributed by atoms with van der Waals surface area (Å²) in [6.45, 7) is 5.18. The summed E-state index contributed by atoms with van der Waals surface area (Å²) in [5.74, 6) is 1.87. The van der Waals surface area contributed by atoms with Gasteiger partial charge in [0, 0.05) is 19.5 Å². The van der Waals surface area contributed by atoms with Crippen molar-refractivity contribution in [1.29, 1.82) is 0 Å². The second-order valence-electron chi connectivity index (χ2n) is 5.84. The van der Waals surface area contributed by atoms with Crippen molar-refractivity contribution in [3.63, 3.8) is 0 Å². The number of halogens is 1. The molecule has 1 aromatic rings. The average Bonchev–Trinajstić information content (AvgIpc) is 2.60. The van der Waals surface area contributed by atoms with Gasteiger partial charge in [-0.15, -0.1) is 12.4 Å². The number of nitrogens with zero attached hydrogens (tertiary/aromatic N) is 1. The van der Waals surface area contributed by atoms with Gasteiger partial charge in [0.1, 0.15) is 11.5 Å². The number of ether oxygens (including phenoxy) is 2. The Morgan fingerprint density at radius 1 is 1.17 bits per heavy atom. The van der Waals surface area contributed by atoms with Gasteiger partial charge >= 0.3 is 0 Å². The zero-order chi connectivity index (χ0) is 16.5. The maximum atomic E-state index is 12.2. The van der Waals surface area contributed by atoms with Gasteiger partial charge in [-0.1, -0.05) is 0 Å². The fraction of sp³-hybridized carbons (Fsp3) is 0.611. The van der Waals surface area contributed by atoms with Crippen molar-refractivity contribution in [3.05, 3.63) is 24.3 Å². The number of amides is 1. The molecule has 1 aliphatic heterocycles. The monoisotopic (exact) mass is 356 g/mol. The summed E-state index contributed by atoms with van der Waals surface area (Å²) in [5.41, 5.74) is 0. The average molecular weight is 357 g/mol. The van der Waals surface area contributed by atoms with E-state index in [2.05, 4.69) is 5.32 Å². The first-order valence-corrected chi connectivity index (χ1v) is 8.52. The Morgan fingerprint density at radius 3 is 2.33 bits per heavy atom. The molecule has 0 spiro atoms. The van der Waals surface area contributed by atoms with Crippen LogP contribution in [0.25, 0.3) is 0 Å². The third-order valence-corrected chi connectivity index (χ3v) is 4.19. The lowest BCUT2D eigenvalue weighted by Crippen LogP contribution is -2.43. The second kappa shape index (κ2) is 11.2. The molecule has 136 valence electrons. The van der Waals surface area contributed by atoms with Crippen molar-refractivity contribution < 1.29 is 14.3 Å². The van der Waals surface area contributed by atoms with Crippen molar-refractivity contribution in [2.24, 2.45) is 0 Å². The van der Waals surface area contributed by atoms with Gasteiger partial charge in [0.2, 0.25) is 5.91 Å². The van der Waals surface area contributed by atoms with Gasteiger partial charge in [0.25, 0.3) is 0 Å². The maximum absolute atomic E-state index is 12.2. The van der Waals surface area contributed by atoms with E-state index in [1.54, 1.807) is 0 Å². The fourth-order valence-corrected chi connectivity index (χ4v) is 2.79. The van der Waals surface area contributed by atoms with E-state index >= 15 is 0 Å². The standard InChI is InChI=1S/C18H28N2O3.ClH/c1-3-22-16-6-8-17(9-7-16)23-14-4-5-18(21)20(2)15-10-12-19-13-11-15;/h6-9,15,19H,3-5,10-14H2,1-2H3;1H. The van der Waals surface area contributed by atoms with Crippen molar-refractivity contribution in [3.8, 4) is 11.5 Å². The summed E-state index contributed by atoms with van der Waals surface area (Å²) in [7, 11) is 1.92. The van der Waals surface area contributed by atoms with Crippen LogP contribution in [0.1, 0.15) is 32.6 Å². The Hall–Kier alpha value is -1.46. The van der Waals surface area contributed by atoms with Crippen LogP contribution in [0.5, 0.6) is 11.5 Å². The van der Waals surface area contributed by atoms with Gasteiger partial charge in [-0.05, 0) is 63.5 Å². The highest BCUT2D eigenvalue weighted by Gasteiger charge is 2.21. The molecule has 0 aromatic heterocycles. The lowest BCUT2D eigenvalue weighted by molar-refractivity contribution is -0.132. The molecule has 0 unspecified atom stereocenters. The van der Waals surface area contributed by atoms with Crippen molar-refractivity contribution in [2.75, 3.05) is 33.4 Å². The molecule has 1 amide bonds. The highest BCUT2D eigenvalue weighted by Crippen LogP contribution is 2.18. The topological polar surface area (TPSA) is 50.8 Å². The SMILES string of the molecule is CCOc1ccc(OCCCC(=O)N(C)C2CCNCC2)cc1.Cl. The third-order valence-electron chi connectivity index (χ3n) is 4.19. The zero-order valence-corrected chi connectivity index (χ0v) is 15.4. The van der Waals surface area contributed by atoms with E-state index < -0.39 is 0 Å². The van der Waals surface area contributed by atoms with Crippen molar-refractivity contribution >= 4 is 18.3 Å². The molecule has 0 bridgehead atoms. The minimum absolute atomic E-state index is 0. The molecule has 0 aliphatic carbocycles. The summed E-state index contributed by atoms with van der Waals surface area (Å²) >= 11 is 0. The van der Waals surface area contributed by atoms with Crippen molar-refractivity contribution in [1.82, 2.24) is 10.2 Å². The minimum atomic E-state index is 0. The molecular weight excluding hydrogens is 328 g/mol. The largest absolute Gasteiger partial charge is 0.494 e. The molecule has 1 heterocycles. The predicted molar refractivity (Wildman–Crippen MR) is 98.2 cm³/mol. The molecule has 24 heavy (non-hydrogen) atoms. The predicted octanol–water partition coefficient (Wildman–Crippen LogP) is 2.88. The lowest BCUT2D eigenvalue weighted by Gasteiger charge is -2.31. The van der Waals surface area contributed by atoms with Crippen LogP contribution in [0.3, 0.4) is 0 Å². The van der Waals surface area contributed by atoms with E-state index in [-0.39, 0.29) is 18.3 Å². The first-order chi connectivity index (χ1) is 11.2. The number of benzene rings is 1. The number of hydrogen-bond donors (Lipinski definition) is 1. The number of hydrogen-bond acceptors (Lipinski definition) is 4. The smallest absolute Gasteiger partial charge is 0.222 e. The molecule has 1 fully saturated rings. The van der Waals surface area contributed by atoms with Crippen LogP contribution in [0.2, 0.25) is 0 Å². The quantitative estimate of drug-likeness (QED) is 0.728. The van der Waals surface area contributed by atoms with Crippen LogP contribution < -0.4 is 14.8 Å². The zero-order valence-electron chi connectivity index (χ0n) is 14.6. The summed E-state index contributed by atoms with van der Waals surface area (Å²) in [6, 6.07) is 7.97. The number of carbonyl (C=O) groups is 1. The first-order valence-electron chi connectivity index (χ1n) is 8.52. The third kappa shape index (κ3) is 6.57. The number of rotatable bonds is 8. The minimum Gasteiger partial charge on any atom is -0.494 e. The number of carbonyl (C=O) groups excluding carboxylic acids is 1. The van der Waals surface area contributed by atoms with Crippen LogP contribution in [-0.4, -0.2) is 50.2 Å². The number of piperidine rings is 1. The molecule has 2 rings (SSSR count). The molecule has 0 radical (unpaired) electrons. The van der Waals surface area contributed by atoms with E-state index in [0.717, 1.165) is 43.9 Å². The first kappa shape index (κ1) is 20.6. The molecule has 6 heteroatoms. The van der Waals surface area contributed by atoms with Gasteiger partial charge in [-0.2, -0.15) is 0 Å². The summed E-state index contributed by atoms with van der Waals surface area (Å²) in [5, 5.41) is 3.32. The second-order valence-corrected chi connectivity index (χ2v) is 5.84. The Bertz CT molecular complexity index is 476. The van der Waals surface area contributed by atoms with Gasteiger partial charge in [-0.25, -0.2) is 0 Å². The highest BCUT2D eigenvalue weighted by atomic mass is 35.5. The van der Waals surface area contributed by atoms with E-state index in [4.69, 9.17) is 9.47 Å². The van der Waals surface area contributed by atoms with Gasteiger partial charge < -0.3 is 19.7 Å². The van der Waals surface area contributed by atoms with Crippen LogP contribution in [-0.2, 0) is 4.79 Å². The molecule has 1 aliphatic rings. The molecule has 5 nitrogen and oxygen atoms in total. The molecule has 0 atom stereocenters. The fourth-order valence-electron chi connectivity index (χ4n) is 2.79. The Kier molecular flexibility index (Phi) is 9.57. The Labute approximate surface area is 151 Å².